The van der Waals surface area contributed by atoms with Crippen molar-refractivity contribution in [3.8, 4) is 5.69 Å². The van der Waals surface area contributed by atoms with Crippen molar-refractivity contribution in [3.63, 3.8) is 0 Å². The number of carbonyl (C=O) groups is 1. The largest absolute Gasteiger partial charge is 0.450 e. The zero-order chi connectivity index (χ0) is 16.5. The summed E-state index contributed by atoms with van der Waals surface area (Å²) >= 11 is 3.42. The van der Waals surface area contributed by atoms with Crippen LogP contribution in [0.2, 0.25) is 0 Å². The molecular weight excluding hydrogens is 372 g/mol. The van der Waals surface area contributed by atoms with E-state index in [0.29, 0.717) is 11.3 Å². The highest BCUT2D eigenvalue weighted by Crippen LogP contribution is 2.28. The molecule has 0 spiro atoms. The number of furan rings is 1. The van der Waals surface area contributed by atoms with Gasteiger partial charge in [-0.2, -0.15) is 5.10 Å². The van der Waals surface area contributed by atoms with Crippen molar-refractivity contribution in [1.29, 1.82) is 0 Å². The van der Waals surface area contributed by atoms with Crippen molar-refractivity contribution < 1.29 is 9.21 Å². The number of para-hydroxylation sites is 3. The SMILES string of the molecule is O=C(Nc1ccccc1-n1cncn1)c1cc2cccc(Br)c2o1. The number of amides is 1. The molecule has 118 valence electrons. The molecule has 0 atom stereocenters. The number of anilines is 1. The van der Waals surface area contributed by atoms with Gasteiger partial charge in [-0.1, -0.05) is 24.3 Å². The molecule has 2 aromatic heterocycles. The van der Waals surface area contributed by atoms with Crippen LogP contribution in [0.3, 0.4) is 0 Å². The number of hydrogen-bond donors (Lipinski definition) is 1. The summed E-state index contributed by atoms with van der Waals surface area (Å²) in [4.78, 5) is 16.5. The van der Waals surface area contributed by atoms with E-state index in [-0.39, 0.29) is 11.7 Å². The first-order valence-corrected chi connectivity index (χ1v) is 7.95. The maximum Gasteiger partial charge on any atom is 0.291 e. The molecule has 0 saturated heterocycles. The Morgan fingerprint density at radius 2 is 2.04 bits per heavy atom. The summed E-state index contributed by atoms with van der Waals surface area (Å²) in [7, 11) is 0. The van der Waals surface area contributed by atoms with Crippen LogP contribution in [0, 0.1) is 0 Å². The molecule has 7 heteroatoms. The van der Waals surface area contributed by atoms with Crippen molar-refractivity contribution >= 4 is 38.5 Å². The van der Waals surface area contributed by atoms with Crippen LogP contribution in [0.15, 0.2) is 70.1 Å². The second kappa shape index (κ2) is 5.93. The topological polar surface area (TPSA) is 73.0 Å². The Bertz CT molecular complexity index is 1020. The molecule has 0 aliphatic carbocycles. The minimum absolute atomic E-state index is 0.241. The Morgan fingerprint density at radius 3 is 2.83 bits per heavy atom. The van der Waals surface area contributed by atoms with Gasteiger partial charge in [-0.25, -0.2) is 9.67 Å². The highest BCUT2D eigenvalue weighted by atomic mass is 79.9. The number of hydrogen-bond acceptors (Lipinski definition) is 4. The van der Waals surface area contributed by atoms with Crippen LogP contribution in [0.25, 0.3) is 16.7 Å². The average molecular weight is 383 g/mol. The summed E-state index contributed by atoms with van der Waals surface area (Å²) in [5.41, 5.74) is 1.99. The molecule has 1 amide bonds. The molecule has 2 aromatic carbocycles. The van der Waals surface area contributed by atoms with Crippen molar-refractivity contribution in [2.75, 3.05) is 5.32 Å². The number of benzene rings is 2. The summed E-state index contributed by atoms with van der Waals surface area (Å²) in [5.74, 6) is -0.0871. The van der Waals surface area contributed by atoms with Gasteiger partial charge in [-0.05, 0) is 40.2 Å². The predicted octanol–water partition coefficient (Wildman–Crippen LogP) is 4.03. The van der Waals surface area contributed by atoms with Crippen LogP contribution in [0.5, 0.6) is 0 Å². The van der Waals surface area contributed by atoms with Crippen molar-refractivity contribution in [3.05, 3.63) is 71.4 Å². The first kappa shape index (κ1) is 14.6. The number of rotatable bonds is 3. The summed E-state index contributed by atoms with van der Waals surface area (Å²) in [5, 5.41) is 7.82. The maximum absolute atomic E-state index is 12.6. The summed E-state index contributed by atoms with van der Waals surface area (Å²) in [6, 6.07) is 14.7. The van der Waals surface area contributed by atoms with Crippen LogP contribution in [0.4, 0.5) is 5.69 Å². The molecular formula is C17H11BrN4O2. The van der Waals surface area contributed by atoms with Gasteiger partial charge >= 0.3 is 0 Å². The van der Waals surface area contributed by atoms with E-state index in [9.17, 15) is 4.79 Å². The molecule has 2 heterocycles. The predicted molar refractivity (Wildman–Crippen MR) is 93.2 cm³/mol. The molecule has 0 radical (unpaired) electrons. The lowest BCUT2D eigenvalue weighted by Gasteiger charge is -2.09. The average Bonchev–Trinajstić information content (AvgIpc) is 3.25. The van der Waals surface area contributed by atoms with Gasteiger partial charge in [0.05, 0.1) is 15.8 Å². The fraction of sp³-hybridized carbons (Fsp3) is 0. The molecule has 0 saturated carbocycles. The van der Waals surface area contributed by atoms with Crippen molar-refractivity contribution in [1.82, 2.24) is 14.8 Å². The minimum Gasteiger partial charge on any atom is -0.450 e. The first-order valence-electron chi connectivity index (χ1n) is 7.16. The second-order valence-electron chi connectivity index (χ2n) is 5.08. The van der Waals surface area contributed by atoms with E-state index < -0.39 is 0 Å². The fourth-order valence-corrected chi connectivity index (χ4v) is 2.90. The Kier molecular flexibility index (Phi) is 3.62. The van der Waals surface area contributed by atoms with Gasteiger partial charge in [0.15, 0.2) is 5.76 Å². The molecule has 6 nitrogen and oxygen atoms in total. The molecule has 1 N–H and O–H groups in total. The smallest absolute Gasteiger partial charge is 0.291 e. The van der Waals surface area contributed by atoms with Gasteiger partial charge in [-0.15, -0.1) is 0 Å². The Labute approximate surface area is 145 Å². The van der Waals surface area contributed by atoms with Gasteiger partial charge in [0.25, 0.3) is 5.91 Å². The number of nitrogens with one attached hydrogen (secondary N) is 1. The number of fused-ring (bicyclic) bond motifs is 1. The van der Waals surface area contributed by atoms with Crippen LogP contribution in [0.1, 0.15) is 10.6 Å². The number of aromatic nitrogens is 3. The third-order valence-electron chi connectivity index (χ3n) is 3.54. The Morgan fingerprint density at radius 1 is 1.17 bits per heavy atom. The van der Waals surface area contributed by atoms with Crippen molar-refractivity contribution in [2.24, 2.45) is 0 Å². The molecule has 0 fully saturated rings. The van der Waals surface area contributed by atoms with Gasteiger partial charge in [0.2, 0.25) is 0 Å². The van der Waals surface area contributed by atoms with E-state index in [1.165, 1.54) is 6.33 Å². The monoisotopic (exact) mass is 382 g/mol. The van der Waals surface area contributed by atoms with E-state index in [2.05, 4.69) is 31.3 Å². The molecule has 0 aliphatic rings. The lowest BCUT2D eigenvalue weighted by molar-refractivity contribution is 0.0998. The number of carbonyl (C=O) groups excluding carboxylic acids is 1. The second-order valence-corrected chi connectivity index (χ2v) is 5.93. The molecule has 24 heavy (non-hydrogen) atoms. The normalized spacial score (nSPS) is 10.9. The van der Waals surface area contributed by atoms with Crippen LogP contribution in [-0.2, 0) is 0 Å². The number of nitrogens with zero attached hydrogens (tertiary/aromatic N) is 3. The summed E-state index contributed by atoms with van der Waals surface area (Å²) < 4.78 is 8.07. The van der Waals surface area contributed by atoms with Crippen molar-refractivity contribution in [2.45, 2.75) is 0 Å². The van der Waals surface area contributed by atoms with E-state index in [1.54, 1.807) is 23.1 Å². The molecule has 0 bridgehead atoms. The van der Waals surface area contributed by atoms with Gasteiger partial charge in [0.1, 0.15) is 18.2 Å². The van der Waals surface area contributed by atoms with Gasteiger partial charge in [0, 0.05) is 5.39 Å². The number of halogens is 1. The molecule has 4 rings (SSSR count). The van der Waals surface area contributed by atoms with Gasteiger partial charge < -0.3 is 9.73 Å². The first-order chi connectivity index (χ1) is 11.7. The van der Waals surface area contributed by atoms with E-state index in [1.807, 2.05) is 36.4 Å². The third kappa shape index (κ3) is 2.59. The van der Waals surface area contributed by atoms with Crippen LogP contribution < -0.4 is 5.32 Å². The van der Waals surface area contributed by atoms with E-state index in [0.717, 1.165) is 15.5 Å². The molecule has 0 aliphatic heterocycles. The minimum atomic E-state index is -0.328. The van der Waals surface area contributed by atoms with Crippen LogP contribution >= 0.6 is 15.9 Å². The van der Waals surface area contributed by atoms with Gasteiger partial charge in [-0.3, -0.25) is 4.79 Å². The lowest BCUT2D eigenvalue weighted by atomic mass is 10.2. The van der Waals surface area contributed by atoms with E-state index in [4.69, 9.17) is 4.42 Å². The standard InChI is InChI=1S/C17H11BrN4O2/c18-12-5-3-4-11-8-15(24-16(11)12)17(23)21-13-6-1-2-7-14(13)22-10-19-9-20-22/h1-10H,(H,21,23). The lowest BCUT2D eigenvalue weighted by Crippen LogP contribution is -2.13. The third-order valence-corrected chi connectivity index (χ3v) is 4.16. The summed E-state index contributed by atoms with van der Waals surface area (Å²) in [6.45, 7) is 0. The zero-order valence-corrected chi connectivity index (χ0v) is 13.9. The highest BCUT2D eigenvalue weighted by molar-refractivity contribution is 9.10. The fourth-order valence-electron chi connectivity index (χ4n) is 2.44. The highest BCUT2D eigenvalue weighted by Gasteiger charge is 2.15. The zero-order valence-electron chi connectivity index (χ0n) is 12.3. The Balaban J connectivity index is 1.68. The van der Waals surface area contributed by atoms with E-state index >= 15 is 0 Å². The van der Waals surface area contributed by atoms with Crippen LogP contribution in [-0.4, -0.2) is 20.7 Å². The quantitative estimate of drug-likeness (QED) is 0.580. The Hall–Kier alpha value is -2.93. The molecule has 0 unspecified atom stereocenters. The maximum atomic E-state index is 12.6. The molecule has 4 aromatic rings. The summed E-state index contributed by atoms with van der Waals surface area (Å²) in [6.07, 6.45) is 3.01.